The summed E-state index contributed by atoms with van der Waals surface area (Å²) >= 11 is 0. The number of allylic oxidation sites excluding steroid dienone is 4. The van der Waals surface area contributed by atoms with Crippen LogP contribution in [0.3, 0.4) is 0 Å². The number of ketones is 1. The van der Waals surface area contributed by atoms with Gasteiger partial charge in [-0.05, 0) is 61.1 Å². The van der Waals surface area contributed by atoms with Gasteiger partial charge >= 0.3 is 0 Å². The van der Waals surface area contributed by atoms with Crippen LogP contribution in [-0.2, 0) is 23.7 Å². The van der Waals surface area contributed by atoms with Gasteiger partial charge in [0, 0.05) is 12.2 Å². The van der Waals surface area contributed by atoms with E-state index in [0.717, 1.165) is 48.8 Å². The third-order valence-corrected chi connectivity index (χ3v) is 16.8. The minimum absolute atomic E-state index is 0.0702. The minimum atomic E-state index is -1.11. The SMILES string of the molecule is CCCCCCCCCCCCCCCCCCOCC(OCCCCCCCCCCCCCCCCCC)(OCCCCCCCCCCCCCCCCCC)C(C)OC1=CC=C2C(=Cc3ccccc32)C1=O. The highest BCUT2D eigenvalue weighted by molar-refractivity contribution is 6.25. The normalized spacial score (nSPS) is 13.7. The summed E-state index contributed by atoms with van der Waals surface area (Å²) < 4.78 is 27.2. The average Bonchev–Trinajstić information content (AvgIpc) is 3.84. The lowest BCUT2D eigenvalue weighted by Gasteiger charge is -2.39. The molecule has 1 atom stereocenters. The van der Waals surface area contributed by atoms with E-state index in [1.54, 1.807) is 0 Å². The minimum Gasteiger partial charge on any atom is -0.481 e. The number of ether oxygens (including phenoxy) is 4. The maximum atomic E-state index is 14.1. The predicted octanol–water partition coefficient (Wildman–Crippen LogP) is 22.9. The Balaban J connectivity index is 1.50. The van der Waals surface area contributed by atoms with Gasteiger partial charge in [-0.3, -0.25) is 4.79 Å². The first kappa shape index (κ1) is 68.1. The molecule has 1 unspecified atom stereocenters. The fourth-order valence-corrected chi connectivity index (χ4v) is 11.6. The topological polar surface area (TPSA) is 54.0 Å². The molecule has 5 heteroatoms. The van der Waals surface area contributed by atoms with E-state index in [1.165, 1.54) is 276 Å². The van der Waals surface area contributed by atoms with Gasteiger partial charge in [-0.15, -0.1) is 0 Å². The number of fused-ring (bicyclic) bond motifs is 3. The van der Waals surface area contributed by atoms with Crippen molar-refractivity contribution in [3.05, 3.63) is 58.9 Å². The summed E-state index contributed by atoms with van der Waals surface area (Å²) in [6, 6.07) is 8.26. The first-order valence-electron chi connectivity index (χ1n) is 33.9. The van der Waals surface area contributed by atoms with Gasteiger partial charge in [0.25, 0.3) is 0 Å². The molecule has 0 amide bonds. The highest BCUT2D eigenvalue weighted by Gasteiger charge is 2.43. The molecule has 2 aliphatic carbocycles. The maximum absolute atomic E-state index is 14.1. The molecule has 0 N–H and O–H groups in total. The molecule has 1 aromatic rings. The standard InChI is InChI=1S/C71H124O5/c1-5-8-11-14-17-20-23-26-29-32-35-38-41-44-47-52-59-73-63-71(74-60-53-48-45-42-39-36-33-30-27-24-21-18-15-12-9-6-2,75-61-54-49-46-43-40-37-34-31-28-25-22-19-16-13-10-7-3)64(4)76-69-58-57-67-66-56-51-50-55-65(66)62-68(67)70(69)72/h50-51,55-58,62,64H,5-49,52-54,59-61,63H2,1-4H3. The van der Waals surface area contributed by atoms with E-state index in [0.29, 0.717) is 37.8 Å². The number of Topliss-reactive ketones (excluding diaryl/α,β-unsaturated/α-hetero) is 1. The second-order valence-electron chi connectivity index (χ2n) is 23.8. The van der Waals surface area contributed by atoms with Crippen LogP contribution in [0.25, 0.3) is 11.6 Å². The molecular weight excluding hydrogens is 933 g/mol. The lowest BCUT2D eigenvalue weighted by Crippen LogP contribution is -2.52. The third kappa shape index (κ3) is 32.8. The molecule has 0 fully saturated rings. The van der Waals surface area contributed by atoms with Crippen molar-refractivity contribution in [3.8, 4) is 0 Å². The highest BCUT2D eigenvalue weighted by Crippen LogP contribution is 2.40. The number of carbonyl (C=O) groups is 1. The summed E-state index contributed by atoms with van der Waals surface area (Å²) in [7, 11) is 0. The van der Waals surface area contributed by atoms with E-state index in [-0.39, 0.29) is 5.78 Å². The predicted molar refractivity (Wildman–Crippen MR) is 330 cm³/mol. The van der Waals surface area contributed by atoms with Crippen molar-refractivity contribution in [2.24, 2.45) is 0 Å². The number of rotatable bonds is 58. The van der Waals surface area contributed by atoms with Crippen LogP contribution in [0.1, 0.15) is 347 Å². The molecule has 0 radical (unpaired) electrons. The number of benzene rings is 1. The Bertz CT molecular complexity index is 1550. The van der Waals surface area contributed by atoms with Crippen LogP contribution < -0.4 is 0 Å². The van der Waals surface area contributed by atoms with E-state index in [9.17, 15) is 4.79 Å². The zero-order chi connectivity index (χ0) is 54.1. The Morgan fingerprint density at radius 3 is 1.05 bits per heavy atom. The average molecular weight is 1060 g/mol. The largest absolute Gasteiger partial charge is 0.481 e. The number of hydrogen-bond donors (Lipinski definition) is 0. The van der Waals surface area contributed by atoms with Gasteiger partial charge in [0.1, 0.15) is 6.61 Å². The first-order valence-corrected chi connectivity index (χ1v) is 33.9. The van der Waals surface area contributed by atoms with Gasteiger partial charge in [0.15, 0.2) is 11.9 Å². The number of unbranched alkanes of at least 4 members (excludes halogenated alkanes) is 45. The molecular formula is C71H124O5. The molecule has 2 aliphatic rings. The molecule has 438 valence electrons. The van der Waals surface area contributed by atoms with Crippen LogP contribution in [0, 0.1) is 0 Å². The fourth-order valence-electron chi connectivity index (χ4n) is 11.6. The highest BCUT2D eigenvalue weighted by atomic mass is 16.7. The van der Waals surface area contributed by atoms with Gasteiger partial charge in [0.2, 0.25) is 11.6 Å². The Morgan fingerprint density at radius 1 is 0.382 bits per heavy atom. The Labute approximate surface area is 472 Å². The maximum Gasteiger partial charge on any atom is 0.229 e. The molecule has 0 saturated heterocycles. The molecule has 0 aliphatic heterocycles. The van der Waals surface area contributed by atoms with Gasteiger partial charge in [0.05, 0.1) is 13.2 Å². The van der Waals surface area contributed by atoms with Crippen LogP contribution in [0.5, 0.6) is 0 Å². The van der Waals surface area contributed by atoms with E-state index in [1.807, 2.05) is 37.3 Å². The van der Waals surface area contributed by atoms with E-state index < -0.39 is 11.9 Å². The Hall–Kier alpha value is -2.21. The van der Waals surface area contributed by atoms with Gasteiger partial charge in [-0.2, -0.15) is 0 Å². The molecule has 5 nitrogen and oxygen atoms in total. The molecule has 0 spiro atoms. The van der Waals surface area contributed by atoms with Crippen molar-refractivity contribution >= 4 is 17.4 Å². The fraction of sp³-hybridized carbons (Fsp3) is 0.817. The van der Waals surface area contributed by atoms with Crippen molar-refractivity contribution in [3.63, 3.8) is 0 Å². The summed E-state index contributed by atoms with van der Waals surface area (Å²) in [4.78, 5) is 14.1. The van der Waals surface area contributed by atoms with Crippen LogP contribution in [-0.4, -0.2) is 44.1 Å². The zero-order valence-electron chi connectivity index (χ0n) is 50.9. The van der Waals surface area contributed by atoms with E-state index >= 15 is 0 Å². The van der Waals surface area contributed by atoms with Crippen molar-refractivity contribution in [1.29, 1.82) is 0 Å². The molecule has 0 bridgehead atoms. The third-order valence-electron chi connectivity index (χ3n) is 16.8. The number of hydrogen-bond acceptors (Lipinski definition) is 5. The quantitative estimate of drug-likeness (QED) is 0.0481. The first-order chi connectivity index (χ1) is 37.6. The molecule has 3 rings (SSSR count). The Morgan fingerprint density at radius 2 is 0.697 bits per heavy atom. The molecule has 0 aromatic heterocycles. The van der Waals surface area contributed by atoms with Crippen molar-refractivity contribution in [1.82, 2.24) is 0 Å². The summed E-state index contributed by atoms with van der Waals surface area (Å²) in [6.45, 7) is 11.1. The lowest BCUT2D eigenvalue weighted by atomic mass is 9.95. The summed E-state index contributed by atoms with van der Waals surface area (Å²) in [5.74, 6) is -0.827. The van der Waals surface area contributed by atoms with Crippen molar-refractivity contribution in [2.75, 3.05) is 26.4 Å². The second kappa shape index (κ2) is 48.7. The van der Waals surface area contributed by atoms with Crippen LogP contribution in [0.15, 0.2) is 47.7 Å². The summed E-state index contributed by atoms with van der Waals surface area (Å²) in [5.41, 5.74) is 3.88. The lowest BCUT2D eigenvalue weighted by molar-refractivity contribution is -0.302. The van der Waals surface area contributed by atoms with E-state index in [4.69, 9.17) is 18.9 Å². The van der Waals surface area contributed by atoms with Crippen LogP contribution in [0.2, 0.25) is 0 Å². The van der Waals surface area contributed by atoms with Crippen molar-refractivity contribution in [2.45, 2.75) is 348 Å². The molecule has 0 heterocycles. The Kier molecular flexibility index (Phi) is 43.6. The van der Waals surface area contributed by atoms with E-state index in [2.05, 4.69) is 32.9 Å². The monoisotopic (exact) mass is 1060 g/mol. The molecule has 0 saturated carbocycles. The zero-order valence-corrected chi connectivity index (χ0v) is 50.9. The summed E-state index contributed by atoms with van der Waals surface area (Å²) in [5, 5.41) is 0. The van der Waals surface area contributed by atoms with Crippen LogP contribution >= 0.6 is 0 Å². The smallest absolute Gasteiger partial charge is 0.229 e. The van der Waals surface area contributed by atoms with Gasteiger partial charge < -0.3 is 18.9 Å². The molecule has 1 aromatic carbocycles. The summed E-state index contributed by atoms with van der Waals surface area (Å²) in [6.07, 6.45) is 69.9. The number of carbonyl (C=O) groups excluding carboxylic acids is 1. The van der Waals surface area contributed by atoms with Gasteiger partial charge in [-0.25, -0.2) is 0 Å². The second-order valence-corrected chi connectivity index (χ2v) is 23.8. The molecule has 76 heavy (non-hydrogen) atoms. The van der Waals surface area contributed by atoms with Crippen LogP contribution in [0.4, 0.5) is 0 Å². The van der Waals surface area contributed by atoms with Gasteiger partial charge in [-0.1, -0.05) is 334 Å². The van der Waals surface area contributed by atoms with Crippen molar-refractivity contribution < 1.29 is 23.7 Å².